The molecule has 0 fully saturated rings. The van der Waals surface area contributed by atoms with E-state index in [1.54, 1.807) is 18.2 Å². The second-order valence-electron chi connectivity index (χ2n) is 6.42. The first kappa shape index (κ1) is 18.7. The average Bonchev–Trinajstić information content (AvgIpc) is 3.02. The van der Waals surface area contributed by atoms with Gasteiger partial charge in [0.2, 0.25) is 5.91 Å². The molecular formula is C20H19N3O3S. The minimum absolute atomic E-state index is 0.0571. The number of aryl methyl sites for hydroxylation is 3. The van der Waals surface area contributed by atoms with E-state index in [2.05, 4.69) is 29.4 Å². The third-order valence-electron chi connectivity index (χ3n) is 4.22. The van der Waals surface area contributed by atoms with Crippen molar-refractivity contribution in [3.8, 4) is 11.3 Å². The van der Waals surface area contributed by atoms with Crippen LogP contribution in [0.25, 0.3) is 11.3 Å². The molecule has 1 heterocycles. The summed E-state index contributed by atoms with van der Waals surface area (Å²) in [5.41, 5.74) is 5.67. The Kier molecular flexibility index (Phi) is 5.32. The number of aromatic nitrogens is 1. The van der Waals surface area contributed by atoms with Crippen molar-refractivity contribution >= 4 is 28.1 Å². The van der Waals surface area contributed by atoms with Gasteiger partial charge in [-0.25, -0.2) is 4.98 Å². The first-order valence-corrected chi connectivity index (χ1v) is 9.29. The average molecular weight is 381 g/mol. The number of para-hydroxylation sites is 1. The van der Waals surface area contributed by atoms with E-state index in [1.807, 2.05) is 19.2 Å². The van der Waals surface area contributed by atoms with Crippen molar-refractivity contribution in [2.75, 3.05) is 5.32 Å². The highest BCUT2D eigenvalue weighted by molar-refractivity contribution is 7.14. The van der Waals surface area contributed by atoms with Gasteiger partial charge in [0.15, 0.2) is 5.13 Å². The number of thiazole rings is 1. The maximum Gasteiger partial charge on any atom is 0.273 e. The number of hydrogen-bond acceptors (Lipinski definition) is 5. The summed E-state index contributed by atoms with van der Waals surface area (Å²) in [5.74, 6) is -0.331. The highest BCUT2D eigenvalue weighted by Gasteiger charge is 2.17. The van der Waals surface area contributed by atoms with Crippen LogP contribution >= 0.6 is 11.3 Å². The molecule has 0 aliphatic heterocycles. The van der Waals surface area contributed by atoms with Crippen molar-refractivity contribution in [2.45, 2.75) is 27.2 Å². The molecule has 6 nitrogen and oxygen atoms in total. The largest absolute Gasteiger partial charge is 0.302 e. The van der Waals surface area contributed by atoms with Crippen molar-refractivity contribution in [3.63, 3.8) is 0 Å². The Morgan fingerprint density at radius 2 is 1.85 bits per heavy atom. The zero-order chi connectivity index (χ0) is 19.6. The van der Waals surface area contributed by atoms with Crippen LogP contribution in [0.3, 0.4) is 0 Å². The van der Waals surface area contributed by atoms with Gasteiger partial charge in [0.1, 0.15) is 0 Å². The minimum Gasteiger partial charge on any atom is -0.302 e. The molecule has 0 atom stereocenters. The van der Waals surface area contributed by atoms with E-state index >= 15 is 0 Å². The summed E-state index contributed by atoms with van der Waals surface area (Å²) in [7, 11) is 0. The third-order valence-corrected chi connectivity index (χ3v) is 4.98. The molecule has 1 amide bonds. The van der Waals surface area contributed by atoms with E-state index in [0.29, 0.717) is 10.7 Å². The van der Waals surface area contributed by atoms with Crippen LogP contribution in [0, 0.1) is 30.9 Å². The van der Waals surface area contributed by atoms with E-state index in [-0.39, 0.29) is 18.0 Å². The molecule has 0 saturated carbocycles. The predicted molar refractivity (Wildman–Crippen MR) is 107 cm³/mol. The Morgan fingerprint density at radius 3 is 2.52 bits per heavy atom. The van der Waals surface area contributed by atoms with E-state index in [4.69, 9.17) is 0 Å². The number of nitrogens with one attached hydrogen (secondary N) is 1. The van der Waals surface area contributed by atoms with Crippen molar-refractivity contribution < 1.29 is 9.72 Å². The lowest BCUT2D eigenvalue weighted by molar-refractivity contribution is -0.385. The Bertz CT molecular complexity index is 1000. The van der Waals surface area contributed by atoms with Gasteiger partial charge < -0.3 is 5.32 Å². The molecular weight excluding hydrogens is 362 g/mol. The van der Waals surface area contributed by atoms with Gasteiger partial charge in [-0.05, 0) is 31.9 Å². The molecule has 0 aliphatic carbocycles. The molecule has 3 aromatic rings. The molecule has 0 radical (unpaired) electrons. The van der Waals surface area contributed by atoms with Gasteiger partial charge in [0.05, 0.1) is 17.0 Å². The van der Waals surface area contributed by atoms with Crippen LogP contribution in [0.5, 0.6) is 0 Å². The summed E-state index contributed by atoms with van der Waals surface area (Å²) in [5, 5.41) is 16.2. The van der Waals surface area contributed by atoms with Crippen LogP contribution < -0.4 is 5.32 Å². The molecule has 27 heavy (non-hydrogen) atoms. The fraction of sp³-hybridized carbons (Fsp3) is 0.200. The van der Waals surface area contributed by atoms with Crippen molar-refractivity contribution in [1.29, 1.82) is 0 Å². The molecule has 0 aliphatic rings. The number of hydrogen-bond donors (Lipinski definition) is 1. The van der Waals surface area contributed by atoms with Gasteiger partial charge in [0.25, 0.3) is 5.69 Å². The number of nitro groups is 1. The van der Waals surface area contributed by atoms with Gasteiger partial charge in [-0.1, -0.05) is 35.9 Å². The fourth-order valence-electron chi connectivity index (χ4n) is 3.20. The maximum atomic E-state index is 12.3. The van der Waals surface area contributed by atoms with Gasteiger partial charge in [-0.15, -0.1) is 11.3 Å². The number of amides is 1. The lowest BCUT2D eigenvalue weighted by Gasteiger charge is -2.08. The van der Waals surface area contributed by atoms with Gasteiger partial charge >= 0.3 is 0 Å². The monoisotopic (exact) mass is 381 g/mol. The summed E-state index contributed by atoms with van der Waals surface area (Å²) < 4.78 is 0. The van der Waals surface area contributed by atoms with Gasteiger partial charge in [0, 0.05) is 22.6 Å². The topological polar surface area (TPSA) is 85.1 Å². The Hall–Kier alpha value is -3.06. The summed E-state index contributed by atoms with van der Waals surface area (Å²) in [6, 6.07) is 10.5. The second kappa shape index (κ2) is 7.67. The molecule has 2 aromatic carbocycles. The number of nitrogens with zero attached hydrogens (tertiary/aromatic N) is 2. The SMILES string of the molecule is Cc1cc(C)c(-c2csc(NC(=O)Cc3ccccc3[N+](=O)[O-])n2)c(C)c1. The zero-order valence-corrected chi connectivity index (χ0v) is 16.1. The highest BCUT2D eigenvalue weighted by atomic mass is 32.1. The predicted octanol–water partition coefficient (Wildman–Crippen LogP) is 4.82. The summed E-state index contributed by atoms with van der Waals surface area (Å²) in [6.07, 6.45) is -0.0747. The van der Waals surface area contributed by atoms with E-state index in [0.717, 1.165) is 22.4 Å². The number of rotatable bonds is 5. The second-order valence-corrected chi connectivity index (χ2v) is 7.28. The molecule has 0 bridgehead atoms. The number of nitro benzene ring substituents is 1. The van der Waals surface area contributed by atoms with E-state index in [1.165, 1.54) is 23.0 Å². The van der Waals surface area contributed by atoms with Crippen LogP contribution in [-0.4, -0.2) is 15.8 Å². The first-order valence-electron chi connectivity index (χ1n) is 8.41. The van der Waals surface area contributed by atoms with Crippen LogP contribution in [0.1, 0.15) is 22.3 Å². The van der Waals surface area contributed by atoms with Crippen LogP contribution in [-0.2, 0) is 11.2 Å². The molecule has 7 heteroatoms. The zero-order valence-electron chi connectivity index (χ0n) is 15.3. The lowest BCUT2D eigenvalue weighted by atomic mass is 9.98. The molecule has 1 N–H and O–H groups in total. The molecule has 138 valence electrons. The van der Waals surface area contributed by atoms with Crippen LogP contribution in [0.2, 0.25) is 0 Å². The smallest absolute Gasteiger partial charge is 0.273 e. The molecule has 3 rings (SSSR count). The van der Waals surface area contributed by atoms with Gasteiger partial charge in [-0.2, -0.15) is 0 Å². The van der Waals surface area contributed by atoms with Gasteiger partial charge in [-0.3, -0.25) is 14.9 Å². The molecule has 0 unspecified atom stereocenters. The number of carbonyl (C=O) groups excluding carboxylic acids is 1. The maximum absolute atomic E-state index is 12.3. The van der Waals surface area contributed by atoms with Crippen molar-refractivity contribution in [1.82, 2.24) is 4.98 Å². The Balaban J connectivity index is 1.77. The van der Waals surface area contributed by atoms with Crippen molar-refractivity contribution in [2.24, 2.45) is 0 Å². The fourth-order valence-corrected chi connectivity index (χ4v) is 3.92. The number of carbonyl (C=O) groups is 1. The Morgan fingerprint density at radius 1 is 1.19 bits per heavy atom. The standard InChI is InChI=1S/C20H19N3O3S/c1-12-8-13(2)19(14(3)9-12)16-11-27-20(21-16)22-18(24)10-15-6-4-5-7-17(15)23(25)26/h4-9,11H,10H2,1-3H3,(H,21,22,24). The van der Waals surface area contributed by atoms with E-state index < -0.39 is 4.92 Å². The van der Waals surface area contributed by atoms with Crippen LogP contribution in [0.4, 0.5) is 10.8 Å². The first-order chi connectivity index (χ1) is 12.8. The summed E-state index contributed by atoms with van der Waals surface area (Å²) in [6.45, 7) is 6.14. The minimum atomic E-state index is -0.479. The quantitative estimate of drug-likeness (QED) is 0.507. The summed E-state index contributed by atoms with van der Waals surface area (Å²) in [4.78, 5) is 27.4. The molecule has 1 aromatic heterocycles. The number of anilines is 1. The number of benzene rings is 2. The summed E-state index contributed by atoms with van der Waals surface area (Å²) >= 11 is 1.34. The lowest BCUT2D eigenvalue weighted by Crippen LogP contribution is -2.15. The van der Waals surface area contributed by atoms with E-state index in [9.17, 15) is 14.9 Å². The molecule has 0 spiro atoms. The van der Waals surface area contributed by atoms with Crippen LogP contribution in [0.15, 0.2) is 41.8 Å². The normalized spacial score (nSPS) is 10.6. The third kappa shape index (κ3) is 4.20. The molecule has 0 saturated heterocycles. The Labute approximate surface area is 161 Å². The van der Waals surface area contributed by atoms with Crippen molar-refractivity contribution in [3.05, 3.63) is 74.1 Å². The highest BCUT2D eigenvalue weighted by Crippen LogP contribution is 2.31.